The molecule has 0 fully saturated rings. The van der Waals surface area contributed by atoms with Crippen molar-refractivity contribution in [1.82, 2.24) is 0 Å². The Kier molecular flexibility index (Phi) is 6.25. The van der Waals surface area contributed by atoms with Crippen LogP contribution in [-0.4, -0.2) is 0 Å². The Morgan fingerprint density at radius 1 is 0.433 bits per heavy atom. The Balaban J connectivity index is 2.17. The van der Waals surface area contributed by atoms with Gasteiger partial charge in [0.25, 0.3) is 0 Å². The smallest absolute Gasteiger partial charge is 0.00239 e. The molecule has 0 radical (unpaired) electrons. The molecule has 0 aliphatic heterocycles. The van der Waals surface area contributed by atoms with Gasteiger partial charge in [0.1, 0.15) is 0 Å². The zero-order valence-electron chi connectivity index (χ0n) is 17.8. The lowest BCUT2D eigenvalue weighted by atomic mass is 9.82. The molecular weight excluding hydrogens is 360 g/mol. The minimum Gasteiger partial charge on any atom is -0.0622 e. The molecule has 30 heavy (non-hydrogen) atoms. The highest BCUT2D eigenvalue weighted by molar-refractivity contribution is 6.05. The van der Waals surface area contributed by atoms with Crippen molar-refractivity contribution in [3.63, 3.8) is 0 Å². The second-order valence-corrected chi connectivity index (χ2v) is 7.50. The minimum atomic E-state index is 1.00. The van der Waals surface area contributed by atoms with Crippen molar-refractivity contribution >= 4 is 11.1 Å². The molecule has 0 N–H and O–H groups in total. The molecule has 0 spiro atoms. The Morgan fingerprint density at radius 2 is 0.767 bits per heavy atom. The highest BCUT2D eigenvalue weighted by Crippen LogP contribution is 2.39. The van der Waals surface area contributed by atoms with Gasteiger partial charge in [-0.3, -0.25) is 0 Å². The van der Waals surface area contributed by atoms with Crippen LogP contribution in [0.3, 0.4) is 0 Å². The van der Waals surface area contributed by atoms with Crippen LogP contribution in [0.5, 0.6) is 0 Å². The summed E-state index contributed by atoms with van der Waals surface area (Å²) in [5.41, 5.74) is 10.5. The summed E-state index contributed by atoms with van der Waals surface area (Å²) in [5.74, 6) is 0. The van der Waals surface area contributed by atoms with Gasteiger partial charge in [-0.15, -0.1) is 0 Å². The van der Waals surface area contributed by atoms with Crippen LogP contribution < -0.4 is 0 Å². The molecule has 148 valence electrons. The maximum absolute atomic E-state index is 2.28. The molecular formula is C30H28. The third-order valence-electron chi connectivity index (χ3n) is 5.71. The number of hydrogen-bond acceptors (Lipinski definition) is 0. The van der Waals surface area contributed by atoms with Crippen LogP contribution in [0.1, 0.15) is 47.2 Å². The Morgan fingerprint density at radius 3 is 1.13 bits per heavy atom. The van der Waals surface area contributed by atoms with Gasteiger partial charge in [-0.2, -0.15) is 0 Å². The minimum absolute atomic E-state index is 1.00. The summed E-state index contributed by atoms with van der Waals surface area (Å²) in [4.78, 5) is 0. The van der Waals surface area contributed by atoms with Crippen molar-refractivity contribution < 1.29 is 0 Å². The molecule has 0 atom stereocenters. The summed E-state index contributed by atoms with van der Waals surface area (Å²) in [6.45, 7) is 4.48. The topological polar surface area (TPSA) is 0 Å². The van der Waals surface area contributed by atoms with Crippen molar-refractivity contribution in [2.24, 2.45) is 0 Å². The summed E-state index contributed by atoms with van der Waals surface area (Å²) < 4.78 is 0. The fraction of sp³-hybridized carbons (Fsp3) is 0.133. The number of hydrogen-bond donors (Lipinski definition) is 0. The van der Waals surface area contributed by atoms with E-state index in [4.69, 9.17) is 0 Å². The van der Waals surface area contributed by atoms with Gasteiger partial charge in [0.2, 0.25) is 0 Å². The van der Waals surface area contributed by atoms with Crippen molar-refractivity contribution in [2.45, 2.75) is 26.7 Å². The first-order valence-electron chi connectivity index (χ1n) is 10.8. The quantitative estimate of drug-likeness (QED) is 0.295. The van der Waals surface area contributed by atoms with E-state index in [0.717, 1.165) is 12.8 Å². The summed E-state index contributed by atoms with van der Waals surface area (Å²) in [6, 6.07) is 39.3. The highest BCUT2D eigenvalue weighted by Gasteiger charge is 2.19. The maximum Gasteiger partial charge on any atom is -0.00239 e. The molecule has 0 heterocycles. The Labute approximate surface area is 180 Å². The lowest BCUT2D eigenvalue weighted by molar-refractivity contribution is 1.12. The second-order valence-electron chi connectivity index (χ2n) is 7.50. The maximum atomic E-state index is 2.28. The number of aryl methyl sites for hydroxylation is 2. The molecule has 4 aromatic carbocycles. The van der Waals surface area contributed by atoms with Gasteiger partial charge in [-0.1, -0.05) is 123 Å². The van der Waals surface area contributed by atoms with Gasteiger partial charge in [-0.25, -0.2) is 0 Å². The third-order valence-corrected chi connectivity index (χ3v) is 5.71. The van der Waals surface area contributed by atoms with Gasteiger partial charge in [-0.05, 0) is 57.4 Å². The molecule has 0 aromatic heterocycles. The SMILES string of the molecule is CCc1ccccc1C(=C(c1ccccc1)c1ccccc1CC)c1ccccc1. The van der Waals surface area contributed by atoms with E-state index in [-0.39, 0.29) is 0 Å². The van der Waals surface area contributed by atoms with Crippen LogP contribution in [0, 0.1) is 0 Å². The van der Waals surface area contributed by atoms with Gasteiger partial charge in [0.15, 0.2) is 0 Å². The Bertz CT molecular complexity index is 1040. The van der Waals surface area contributed by atoms with Gasteiger partial charge < -0.3 is 0 Å². The van der Waals surface area contributed by atoms with Crippen LogP contribution in [0.15, 0.2) is 109 Å². The van der Waals surface area contributed by atoms with Crippen molar-refractivity contribution in [3.8, 4) is 0 Å². The van der Waals surface area contributed by atoms with E-state index in [1.54, 1.807) is 0 Å². The van der Waals surface area contributed by atoms with E-state index < -0.39 is 0 Å². The molecule has 0 saturated heterocycles. The van der Waals surface area contributed by atoms with E-state index in [1.807, 2.05) is 0 Å². The van der Waals surface area contributed by atoms with Gasteiger partial charge in [0, 0.05) is 0 Å². The zero-order valence-corrected chi connectivity index (χ0v) is 17.8. The molecule has 0 saturated carbocycles. The molecule has 0 aliphatic rings. The van der Waals surface area contributed by atoms with E-state index in [9.17, 15) is 0 Å². The summed E-state index contributed by atoms with van der Waals surface area (Å²) >= 11 is 0. The first-order chi connectivity index (χ1) is 14.8. The van der Waals surface area contributed by atoms with Crippen LogP contribution in [-0.2, 0) is 12.8 Å². The summed E-state index contributed by atoms with van der Waals surface area (Å²) in [6.07, 6.45) is 2.01. The van der Waals surface area contributed by atoms with Gasteiger partial charge in [0.05, 0.1) is 0 Å². The number of rotatable bonds is 6. The van der Waals surface area contributed by atoms with Crippen LogP contribution in [0.2, 0.25) is 0 Å². The first-order valence-corrected chi connectivity index (χ1v) is 10.8. The Hall–Kier alpha value is -3.38. The van der Waals surface area contributed by atoms with Crippen LogP contribution >= 0.6 is 0 Å². The van der Waals surface area contributed by atoms with E-state index in [0.29, 0.717) is 0 Å². The third kappa shape index (κ3) is 4.00. The average molecular weight is 389 g/mol. The van der Waals surface area contributed by atoms with Crippen molar-refractivity contribution in [2.75, 3.05) is 0 Å². The van der Waals surface area contributed by atoms with E-state index in [2.05, 4.69) is 123 Å². The monoisotopic (exact) mass is 388 g/mol. The average Bonchev–Trinajstić information content (AvgIpc) is 2.83. The predicted octanol–water partition coefficient (Wildman–Crippen LogP) is 7.82. The summed E-state index contributed by atoms with van der Waals surface area (Å²) in [5, 5.41) is 0. The largest absolute Gasteiger partial charge is 0.0622 e. The molecule has 4 aromatic rings. The van der Waals surface area contributed by atoms with E-state index in [1.165, 1.54) is 44.5 Å². The lowest BCUT2D eigenvalue weighted by Crippen LogP contribution is -2.02. The normalized spacial score (nSPS) is 11.8. The first kappa shape index (κ1) is 19.9. The highest BCUT2D eigenvalue weighted by atomic mass is 14.2. The van der Waals surface area contributed by atoms with E-state index >= 15 is 0 Å². The molecule has 0 bridgehead atoms. The zero-order chi connectivity index (χ0) is 20.8. The van der Waals surface area contributed by atoms with Crippen molar-refractivity contribution in [1.29, 1.82) is 0 Å². The predicted molar refractivity (Wildman–Crippen MR) is 130 cm³/mol. The molecule has 4 rings (SSSR count). The molecule has 0 nitrogen and oxygen atoms in total. The van der Waals surface area contributed by atoms with Crippen LogP contribution in [0.4, 0.5) is 0 Å². The standard InChI is InChI=1S/C30H28/c1-3-23-15-11-13-21-27(23)29(25-17-7-5-8-18-25)30(26-19-9-6-10-20-26)28-22-14-12-16-24(28)4-2/h5-22H,3-4H2,1-2H3. The number of benzene rings is 4. The van der Waals surface area contributed by atoms with Gasteiger partial charge >= 0.3 is 0 Å². The lowest BCUT2D eigenvalue weighted by Gasteiger charge is -2.21. The van der Waals surface area contributed by atoms with Crippen LogP contribution in [0.25, 0.3) is 11.1 Å². The van der Waals surface area contributed by atoms with Crippen molar-refractivity contribution in [3.05, 3.63) is 143 Å². The fourth-order valence-corrected chi connectivity index (χ4v) is 4.22. The molecule has 0 unspecified atom stereocenters. The fourth-order valence-electron chi connectivity index (χ4n) is 4.22. The molecule has 0 heteroatoms. The summed E-state index contributed by atoms with van der Waals surface area (Å²) in [7, 11) is 0. The second kappa shape index (κ2) is 9.41. The molecule has 0 amide bonds. The molecule has 0 aliphatic carbocycles.